The Kier molecular flexibility index (Phi) is 4.16. The molecule has 2 atom stereocenters. The molecule has 0 radical (unpaired) electrons. The molecule has 0 bridgehead atoms. The van der Waals surface area contributed by atoms with Gasteiger partial charge >= 0.3 is 6.03 Å². The third-order valence-corrected chi connectivity index (χ3v) is 4.66. The van der Waals surface area contributed by atoms with E-state index in [2.05, 4.69) is 34.5 Å². The summed E-state index contributed by atoms with van der Waals surface area (Å²) in [4.78, 5) is 18.8. The van der Waals surface area contributed by atoms with Gasteiger partial charge in [0.1, 0.15) is 0 Å². The van der Waals surface area contributed by atoms with Crippen LogP contribution in [0.15, 0.2) is 59.1 Å². The molecule has 3 aromatic rings. The molecule has 26 heavy (non-hydrogen) atoms. The molecule has 2 amide bonds. The zero-order valence-electron chi connectivity index (χ0n) is 14.7. The minimum absolute atomic E-state index is 0.0987. The van der Waals surface area contributed by atoms with E-state index in [1.54, 1.807) is 6.92 Å². The van der Waals surface area contributed by atoms with Gasteiger partial charge < -0.3 is 14.7 Å². The minimum Gasteiger partial charge on any atom is -0.339 e. The van der Waals surface area contributed by atoms with Gasteiger partial charge in [-0.05, 0) is 23.6 Å². The Morgan fingerprint density at radius 2 is 2.00 bits per heavy atom. The summed E-state index contributed by atoms with van der Waals surface area (Å²) in [7, 11) is 0. The third kappa shape index (κ3) is 3.06. The van der Waals surface area contributed by atoms with E-state index >= 15 is 0 Å². The molecular formula is C20H20N4O2. The van der Waals surface area contributed by atoms with Gasteiger partial charge in [0.05, 0.1) is 6.04 Å². The molecular weight excluding hydrogens is 328 g/mol. The summed E-state index contributed by atoms with van der Waals surface area (Å²) in [6.07, 6.45) is 0. The fraction of sp³-hybridized carbons (Fsp3) is 0.250. The molecule has 1 aliphatic rings. The highest BCUT2D eigenvalue weighted by Crippen LogP contribution is 2.38. The number of aromatic nitrogens is 2. The zero-order chi connectivity index (χ0) is 18.1. The van der Waals surface area contributed by atoms with Crippen molar-refractivity contribution in [2.75, 3.05) is 11.9 Å². The van der Waals surface area contributed by atoms with E-state index in [0.29, 0.717) is 23.3 Å². The lowest BCUT2D eigenvalue weighted by Crippen LogP contribution is -2.53. The summed E-state index contributed by atoms with van der Waals surface area (Å²) in [6, 6.07) is 17.6. The Morgan fingerprint density at radius 3 is 2.69 bits per heavy atom. The van der Waals surface area contributed by atoms with E-state index in [9.17, 15) is 4.79 Å². The van der Waals surface area contributed by atoms with Crippen LogP contribution in [0, 0.1) is 12.8 Å². The van der Waals surface area contributed by atoms with Crippen LogP contribution in [0.1, 0.15) is 24.4 Å². The molecule has 1 fully saturated rings. The number of amides is 2. The van der Waals surface area contributed by atoms with Gasteiger partial charge in [0.25, 0.3) is 0 Å². The normalized spacial score (nSPS) is 19.1. The van der Waals surface area contributed by atoms with Crippen LogP contribution in [-0.2, 0) is 0 Å². The summed E-state index contributed by atoms with van der Waals surface area (Å²) in [5.74, 6) is 1.46. The van der Waals surface area contributed by atoms with Crippen LogP contribution in [0.25, 0.3) is 11.4 Å². The van der Waals surface area contributed by atoms with E-state index in [0.717, 1.165) is 17.7 Å². The highest BCUT2D eigenvalue weighted by atomic mass is 16.5. The third-order valence-electron chi connectivity index (χ3n) is 4.66. The first-order valence-electron chi connectivity index (χ1n) is 8.65. The number of nitrogens with zero attached hydrogens (tertiary/aromatic N) is 3. The number of rotatable bonds is 3. The van der Waals surface area contributed by atoms with Gasteiger partial charge in [0.2, 0.25) is 11.7 Å². The first kappa shape index (κ1) is 16.3. The average molecular weight is 348 g/mol. The molecule has 6 heteroatoms. The number of hydrogen-bond acceptors (Lipinski definition) is 4. The van der Waals surface area contributed by atoms with Crippen molar-refractivity contribution in [2.45, 2.75) is 19.9 Å². The van der Waals surface area contributed by atoms with E-state index < -0.39 is 0 Å². The summed E-state index contributed by atoms with van der Waals surface area (Å²) in [6.45, 7) is 4.66. The van der Waals surface area contributed by atoms with Gasteiger partial charge in [0, 0.05) is 24.7 Å². The Balaban J connectivity index is 1.50. The number of anilines is 1. The second kappa shape index (κ2) is 6.63. The lowest BCUT2D eigenvalue weighted by Gasteiger charge is -2.46. The van der Waals surface area contributed by atoms with Crippen LogP contribution >= 0.6 is 0 Å². The van der Waals surface area contributed by atoms with Gasteiger partial charge in [0.15, 0.2) is 0 Å². The molecule has 0 spiro atoms. The van der Waals surface area contributed by atoms with Crippen molar-refractivity contribution in [3.63, 3.8) is 0 Å². The first-order valence-corrected chi connectivity index (χ1v) is 8.65. The molecule has 2 heterocycles. The zero-order valence-corrected chi connectivity index (χ0v) is 14.7. The van der Waals surface area contributed by atoms with Gasteiger partial charge in [-0.1, -0.05) is 54.5 Å². The van der Waals surface area contributed by atoms with E-state index in [4.69, 9.17) is 4.52 Å². The Hall–Kier alpha value is -3.15. The number of carbonyl (C=O) groups excluding carboxylic acids is 1. The molecule has 4 rings (SSSR count). The lowest BCUT2D eigenvalue weighted by atomic mass is 9.85. The number of carbonyl (C=O) groups is 1. The molecule has 6 nitrogen and oxygen atoms in total. The molecule has 2 aromatic carbocycles. The van der Waals surface area contributed by atoms with E-state index in [1.165, 1.54) is 0 Å². The van der Waals surface area contributed by atoms with Crippen LogP contribution in [0.3, 0.4) is 0 Å². The van der Waals surface area contributed by atoms with Crippen molar-refractivity contribution in [1.29, 1.82) is 0 Å². The van der Waals surface area contributed by atoms with Crippen LogP contribution in [0.5, 0.6) is 0 Å². The maximum atomic E-state index is 12.7. The predicted octanol–water partition coefficient (Wildman–Crippen LogP) is 4.27. The molecule has 1 aromatic heterocycles. The lowest BCUT2D eigenvalue weighted by molar-refractivity contribution is 0.0671. The van der Waals surface area contributed by atoms with Gasteiger partial charge in [-0.2, -0.15) is 4.98 Å². The maximum absolute atomic E-state index is 12.7. The Labute approximate surface area is 151 Å². The summed E-state index contributed by atoms with van der Waals surface area (Å²) in [5, 5.41) is 6.90. The first-order chi connectivity index (χ1) is 12.6. The Bertz CT molecular complexity index is 922. The average Bonchev–Trinajstić information content (AvgIpc) is 3.07. The van der Waals surface area contributed by atoms with E-state index in [1.807, 2.05) is 47.4 Å². The molecule has 0 aliphatic carbocycles. The van der Waals surface area contributed by atoms with Crippen LogP contribution in [0.4, 0.5) is 10.5 Å². The van der Waals surface area contributed by atoms with Gasteiger partial charge in [-0.25, -0.2) is 4.79 Å². The SMILES string of the molecule is Cc1nc(-c2cccc(NC(=O)N3C[C@H](C)[C@H]3c3ccccc3)c2)no1. The number of urea groups is 1. The monoisotopic (exact) mass is 348 g/mol. The predicted molar refractivity (Wildman–Crippen MR) is 98.5 cm³/mol. The molecule has 0 unspecified atom stereocenters. The summed E-state index contributed by atoms with van der Waals surface area (Å²) in [5.41, 5.74) is 2.68. The number of aryl methyl sites for hydroxylation is 1. The summed E-state index contributed by atoms with van der Waals surface area (Å²) >= 11 is 0. The van der Waals surface area contributed by atoms with Crippen LogP contribution < -0.4 is 5.32 Å². The highest BCUT2D eigenvalue weighted by Gasteiger charge is 2.39. The molecule has 1 N–H and O–H groups in total. The number of benzene rings is 2. The van der Waals surface area contributed by atoms with Crippen molar-refractivity contribution in [1.82, 2.24) is 15.0 Å². The standard InChI is InChI=1S/C20H20N4O2/c1-13-12-24(18(13)15-7-4-3-5-8-15)20(25)22-17-10-6-9-16(11-17)19-21-14(2)26-23-19/h3-11,13,18H,12H2,1-2H3,(H,22,25)/t13-,18-/m0/s1. The van der Waals surface area contributed by atoms with E-state index in [-0.39, 0.29) is 12.1 Å². The van der Waals surface area contributed by atoms with Crippen LogP contribution in [0.2, 0.25) is 0 Å². The smallest absolute Gasteiger partial charge is 0.322 e. The second-order valence-corrected chi connectivity index (χ2v) is 6.63. The van der Waals surface area contributed by atoms with Gasteiger partial charge in [-0.3, -0.25) is 0 Å². The van der Waals surface area contributed by atoms with Crippen molar-refractivity contribution >= 4 is 11.7 Å². The van der Waals surface area contributed by atoms with Crippen LogP contribution in [-0.4, -0.2) is 27.6 Å². The quantitative estimate of drug-likeness (QED) is 0.767. The fourth-order valence-corrected chi connectivity index (χ4v) is 3.41. The maximum Gasteiger partial charge on any atom is 0.322 e. The molecule has 132 valence electrons. The molecule has 1 saturated heterocycles. The fourth-order valence-electron chi connectivity index (χ4n) is 3.41. The number of hydrogen-bond donors (Lipinski definition) is 1. The van der Waals surface area contributed by atoms with Gasteiger partial charge in [-0.15, -0.1) is 0 Å². The Morgan fingerprint density at radius 1 is 1.19 bits per heavy atom. The van der Waals surface area contributed by atoms with Crippen molar-refractivity contribution in [2.24, 2.45) is 5.92 Å². The number of nitrogens with one attached hydrogen (secondary N) is 1. The number of likely N-dealkylation sites (tertiary alicyclic amines) is 1. The largest absolute Gasteiger partial charge is 0.339 e. The van der Waals surface area contributed by atoms with Crippen molar-refractivity contribution < 1.29 is 9.32 Å². The van der Waals surface area contributed by atoms with Crippen molar-refractivity contribution in [3.05, 3.63) is 66.1 Å². The topological polar surface area (TPSA) is 71.3 Å². The molecule has 1 aliphatic heterocycles. The second-order valence-electron chi connectivity index (χ2n) is 6.63. The molecule has 0 saturated carbocycles. The summed E-state index contributed by atoms with van der Waals surface area (Å²) < 4.78 is 5.02. The van der Waals surface area contributed by atoms with Crippen molar-refractivity contribution in [3.8, 4) is 11.4 Å². The highest BCUT2D eigenvalue weighted by molar-refractivity contribution is 5.91. The minimum atomic E-state index is -0.0987.